The van der Waals surface area contributed by atoms with Crippen LogP contribution >= 0.6 is 11.8 Å². The smallest absolute Gasteiger partial charge is 0.0170 e. The first-order valence-electron chi connectivity index (χ1n) is 3.34. The van der Waals surface area contributed by atoms with Crippen LogP contribution in [0.2, 0.25) is 0 Å². The van der Waals surface area contributed by atoms with Crippen LogP contribution in [-0.4, -0.2) is 24.1 Å². The third-order valence-corrected chi connectivity index (χ3v) is 2.07. The Morgan fingerprint density at radius 2 is 2.22 bits per heavy atom. The standard InChI is InChI=1S/C6H16N2S/c1-2-9-4-3-6(8)5-7/h6H,2-5,7-8H2,1H3. The lowest BCUT2D eigenvalue weighted by Crippen LogP contribution is -2.29. The molecule has 0 rings (SSSR count). The van der Waals surface area contributed by atoms with Crippen LogP contribution in [0.5, 0.6) is 0 Å². The van der Waals surface area contributed by atoms with Crippen molar-refractivity contribution in [3.63, 3.8) is 0 Å². The van der Waals surface area contributed by atoms with Crippen LogP contribution in [0.25, 0.3) is 0 Å². The quantitative estimate of drug-likeness (QED) is 0.555. The van der Waals surface area contributed by atoms with Gasteiger partial charge in [0, 0.05) is 12.6 Å². The Balaban J connectivity index is 2.88. The Morgan fingerprint density at radius 3 is 2.67 bits per heavy atom. The van der Waals surface area contributed by atoms with Gasteiger partial charge in [-0.25, -0.2) is 0 Å². The molecular weight excluding hydrogens is 132 g/mol. The monoisotopic (exact) mass is 148 g/mol. The molecule has 0 aliphatic heterocycles. The van der Waals surface area contributed by atoms with Gasteiger partial charge in [-0.1, -0.05) is 6.92 Å². The van der Waals surface area contributed by atoms with E-state index in [9.17, 15) is 0 Å². The van der Waals surface area contributed by atoms with E-state index in [4.69, 9.17) is 11.5 Å². The molecule has 0 aliphatic rings. The van der Waals surface area contributed by atoms with Crippen LogP contribution < -0.4 is 11.5 Å². The van der Waals surface area contributed by atoms with Gasteiger partial charge in [-0.3, -0.25) is 0 Å². The summed E-state index contributed by atoms with van der Waals surface area (Å²) in [6, 6.07) is 0.212. The summed E-state index contributed by atoms with van der Waals surface area (Å²) in [4.78, 5) is 0. The number of rotatable bonds is 5. The van der Waals surface area contributed by atoms with E-state index in [1.54, 1.807) is 0 Å². The van der Waals surface area contributed by atoms with Gasteiger partial charge in [0.2, 0.25) is 0 Å². The van der Waals surface area contributed by atoms with Gasteiger partial charge in [-0.05, 0) is 17.9 Å². The summed E-state index contributed by atoms with van der Waals surface area (Å²) >= 11 is 1.92. The Kier molecular flexibility index (Phi) is 6.58. The van der Waals surface area contributed by atoms with E-state index in [1.165, 1.54) is 5.75 Å². The highest BCUT2D eigenvalue weighted by molar-refractivity contribution is 7.99. The minimum atomic E-state index is 0.212. The Bertz CT molecular complexity index is 59.0. The summed E-state index contributed by atoms with van der Waals surface area (Å²) in [6.07, 6.45) is 1.05. The van der Waals surface area contributed by atoms with Crippen LogP contribution in [0.1, 0.15) is 13.3 Å². The van der Waals surface area contributed by atoms with Crippen LogP contribution in [0.15, 0.2) is 0 Å². The number of thioether (sulfide) groups is 1. The van der Waals surface area contributed by atoms with Gasteiger partial charge >= 0.3 is 0 Å². The second kappa shape index (κ2) is 6.39. The Morgan fingerprint density at radius 1 is 1.56 bits per heavy atom. The number of hydrogen-bond donors (Lipinski definition) is 2. The first-order valence-corrected chi connectivity index (χ1v) is 4.50. The molecule has 0 bridgehead atoms. The second-order valence-electron chi connectivity index (χ2n) is 1.98. The van der Waals surface area contributed by atoms with Crippen LogP contribution in [0.4, 0.5) is 0 Å². The van der Waals surface area contributed by atoms with Gasteiger partial charge in [-0.2, -0.15) is 11.8 Å². The van der Waals surface area contributed by atoms with Gasteiger partial charge in [-0.15, -0.1) is 0 Å². The highest BCUT2D eigenvalue weighted by atomic mass is 32.2. The van der Waals surface area contributed by atoms with E-state index in [1.807, 2.05) is 11.8 Å². The third kappa shape index (κ3) is 6.15. The van der Waals surface area contributed by atoms with E-state index in [0.717, 1.165) is 12.2 Å². The fraction of sp³-hybridized carbons (Fsp3) is 1.00. The van der Waals surface area contributed by atoms with E-state index in [-0.39, 0.29) is 6.04 Å². The fourth-order valence-electron chi connectivity index (χ4n) is 0.497. The molecular formula is C6H16N2S. The molecule has 0 aliphatic carbocycles. The van der Waals surface area contributed by atoms with Crippen molar-refractivity contribution in [3.05, 3.63) is 0 Å². The summed E-state index contributed by atoms with van der Waals surface area (Å²) in [7, 11) is 0. The van der Waals surface area contributed by atoms with E-state index >= 15 is 0 Å². The molecule has 0 heterocycles. The molecule has 4 N–H and O–H groups in total. The lowest BCUT2D eigenvalue weighted by Gasteiger charge is -2.05. The summed E-state index contributed by atoms with van der Waals surface area (Å²) in [5, 5.41) is 0. The molecule has 0 aromatic carbocycles. The molecule has 0 saturated heterocycles. The van der Waals surface area contributed by atoms with Crippen molar-refractivity contribution >= 4 is 11.8 Å². The molecule has 2 nitrogen and oxygen atoms in total. The summed E-state index contributed by atoms with van der Waals surface area (Å²) in [5.41, 5.74) is 10.9. The molecule has 9 heavy (non-hydrogen) atoms. The van der Waals surface area contributed by atoms with E-state index in [2.05, 4.69) is 6.92 Å². The summed E-state index contributed by atoms with van der Waals surface area (Å²) < 4.78 is 0. The first kappa shape index (κ1) is 9.27. The van der Waals surface area contributed by atoms with Crippen LogP contribution in [-0.2, 0) is 0 Å². The normalized spacial score (nSPS) is 13.7. The molecule has 0 aromatic rings. The largest absolute Gasteiger partial charge is 0.329 e. The maximum Gasteiger partial charge on any atom is 0.0170 e. The van der Waals surface area contributed by atoms with Crippen molar-refractivity contribution in [1.82, 2.24) is 0 Å². The molecule has 0 aromatic heterocycles. The van der Waals surface area contributed by atoms with Crippen molar-refractivity contribution in [1.29, 1.82) is 0 Å². The van der Waals surface area contributed by atoms with Crippen molar-refractivity contribution in [2.75, 3.05) is 18.1 Å². The average molecular weight is 148 g/mol. The molecule has 1 unspecified atom stereocenters. The Hall–Kier alpha value is 0.270. The summed E-state index contributed by atoms with van der Waals surface area (Å²) in [6.45, 7) is 2.77. The predicted octanol–water partition coefficient (Wildman–Crippen LogP) is 0.416. The summed E-state index contributed by atoms with van der Waals surface area (Å²) in [5.74, 6) is 2.33. The molecule has 0 radical (unpaired) electrons. The average Bonchev–Trinajstić information content (AvgIpc) is 1.89. The SMILES string of the molecule is CCSCCC(N)CN. The number of hydrogen-bond acceptors (Lipinski definition) is 3. The topological polar surface area (TPSA) is 52.0 Å². The number of nitrogens with two attached hydrogens (primary N) is 2. The van der Waals surface area contributed by atoms with Gasteiger partial charge in [0.05, 0.1) is 0 Å². The lowest BCUT2D eigenvalue weighted by molar-refractivity contribution is 0.665. The molecule has 3 heteroatoms. The minimum Gasteiger partial charge on any atom is -0.329 e. The van der Waals surface area contributed by atoms with Gasteiger partial charge in [0.25, 0.3) is 0 Å². The molecule has 0 amide bonds. The van der Waals surface area contributed by atoms with Crippen LogP contribution in [0.3, 0.4) is 0 Å². The maximum absolute atomic E-state index is 5.58. The molecule has 0 spiro atoms. The van der Waals surface area contributed by atoms with E-state index in [0.29, 0.717) is 6.54 Å². The molecule has 56 valence electrons. The highest BCUT2D eigenvalue weighted by Crippen LogP contribution is 2.01. The predicted molar refractivity (Wildman–Crippen MR) is 44.6 cm³/mol. The third-order valence-electron chi connectivity index (χ3n) is 1.14. The maximum atomic E-state index is 5.58. The van der Waals surface area contributed by atoms with Crippen molar-refractivity contribution in [3.8, 4) is 0 Å². The Labute approximate surface area is 61.4 Å². The molecule has 0 saturated carbocycles. The molecule has 0 fully saturated rings. The fourth-order valence-corrected chi connectivity index (χ4v) is 1.25. The zero-order valence-electron chi connectivity index (χ0n) is 5.97. The molecule has 1 atom stereocenters. The first-order chi connectivity index (χ1) is 4.31. The lowest BCUT2D eigenvalue weighted by atomic mass is 10.2. The van der Waals surface area contributed by atoms with Crippen molar-refractivity contribution < 1.29 is 0 Å². The second-order valence-corrected chi connectivity index (χ2v) is 3.38. The van der Waals surface area contributed by atoms with E-state index < -0.39 is 0 Å². The van der Waals surface area contributed by atoms with Gasteiger partial charge < -0.3 is 11.5 Å². The van der Waals surface area contributed by atoms with Gasteiger partial charge in [0.1, 0.15) is 0 Å². The van der Waals surface area contributed by atoms with Crippen LogP contribution in [0, 0.1) is 0 Å². The van der Waals surface area contributed by atoms with Crippen molar-refractivity contribution in [2.24, 2.45) is 11.5 Å². The highest BCUT2D eigenvalue weighted by Gasteiger charge is 1.96. The zero-order chi connectivity index (χ0) is 7.11. The minimum absolute atomic E-state index is 0.212. The van der Waals surface area contributed by atoms with Crippen molar-refractivity contribution in [2.45, 2.75) is 19.4 Å². The zero-order valence-corrected chi connectivity index (χ0v) is 6.79. The van der Waals surface area contributed by atoms with Gasteiger partial charge in [0.15, 0.2) is 0 Å².